The van der Waals surface area contributed by atoms with Crippen molar-refractivity contribution in [3.8, 4) is 0 Å². The molecule has 33 heavy (non-hydrogen) atoms. The Labute approximate surface area is 193 Å². The number of hydrogen-bond acceptors (Lipinski definition) is 6. The molecule has 7 heteroatoms. The van der Waals surface area contributed by atoms with Gasteiger partial charge in [0.05, 0.1) is 28.5 Å². The highest BCUT2D eigenvalue weighted by molar-refractivity contribution is 7.07. The number of ether oxygens (including phenoxy) is 1. The molecule has 3 heterocycles. The number of hydrogen-bond donors (Lipinski definition) is 0. The second-order valence-corrected chi connectivity index (χ2v) is 8.83. The topological polar surface area (TPSA) is 73.8 Å². The number of nitrogens with zero attached hydrogens (tertiary/aromatic N) is 2. The lowest BCUT2D eigenvalue weighted by molar-refractivity contribution is -0.139. The Balaban J connectivity index is 1.81. The van der Waals surface area contributed by atoms with Crippen molar-refractivity contribution in [2.24, 2.45) is 4.99 Å². The van der Waals surface area contributed by atoms with Gasteiger partial charge in [-0.05, 0) is 49.2 Å². The molecule has 5 rings (SSSR count). The number of thiazole rings is 1. The maximum absolute atomic E-state index is 13.6. The van der Waals surface area contributed by atoms with Gasteiger partial charge >= 0.3 is 5.97 Å². The maximum atomic E-state index is 13.6. The average molecular weight is 459 g/mol. The second kappa shape index (κ2) is 8.33. The number of carbonyl (C=O) groups excluding carboxylic acids is 1. The molecule has 0 fully saturated rings. The van der Waals surface area contributed by atoms with Crippen LogP contribution in [0.4, 0.5) is 0 Å². The summed E-state index contributed by atoms with van der Waals surface area (Å²) in [5.74, 6) is 0.900. The third-order valence-electron chi connectivity index (χ3n) is 5.67. The van der Waals surface area contributed by atoms with Crippen LogP contribution in [0.15, 0.2) is 80.1 Å². The van der Waals surface area contributed by atoms with Crippen molar-refractivity contribution in [3.05, 3.63) is 103 Å². The van der Waals surface area contributed by atoms with E-state index < -0.39 is 12.0 Å². The number of allylic oxidation sites excluding steroid dienone is 1. The minimum Gasteiger partial charge on any atom is -0.463 e. The molecule has 2 aromatic carbocycles. The van der Waals surface area contributed by atoms with E-state index in [0.717, 1.165) is 22.1 Å². The van der Waals surface area contributed by atoms with Crippen LogP contribution in [-0.2, 0) is 9.53 Å². The lowest BCUT2D eigenvalue weighted by Crippen LogP contribution is -2.40. The Kier molecular flexibility index (Phi) is 5.34. The lowest BCUT2D eigenvalue weighted by atomic mass is 9.91. The number of aromatic nitrogens is 1. The molecule has 0 saturated carbocycles. The fraction of sp³-hybridized carbons (Fsp3) is 0.192. The molecule has 0 saturated heterocycles. The molecule has 0 bridgehead atoms. The SMILES string of the molecule is CCOC(=O)C1=C(C)N=c2s/c(=C\c3ccc(C)o3)c(=O)n2[C@H]1c1cccc2ccccc12. The van der Waals surface area contributed by atoms with Crippen molar-refractivity contribution in [1.82, 2.24) is 4.57 Å². The van der Waals surface area contributed by atoms with Gasteiger partial charge in [-0.1, -0.05) is 53.8 Å². The molecule has 1 atom stereocenters. The van der Waals surface area contributed by atoms with E-state index in [2.05, 4.69) is 4.99 Å². The molecule has 2 aromatic heterocycles. The van der Waals surface area contributed by atoms with Crippen LogP contribution < -0.4 is 14.9 Å². The van der Waals surface area contributed by atoms with Crippen molar-refractivity contribution < 1.29 is 13.9 Å². The molecule has 1 aliphatic rings. The van der Waals surface area contributed by atoms with Crippen LogP contribution in [0, 0.1) is 6.92 Å². The fourth-order valence-corrected chi connectivity index (χ4v) is 5.26. The first kappa shape index (κ1) is 21.2. The Hall–Kier alpha value is -3.71. The zero-order valence-electron chi connectivity index (χ0n) is 18.5. The Morgan fingerprint density at radius 2 is 1.94 bits per heavy atom. The summed E-state index contributed by atoms with van der Waals surface area (Å²) < 4.78 is 13.1. The van der Waals surface area contributed by atoms with E-state index in [9.17, 15) is 9.59 Å². The monoisotopic (exact) mass is 458 g/mol. The highest BCUT2D eigenvalue weighted by Crippen LogP contribution is 2.34. The fourth-order valence-electron chi connectivity index (χ4n) is 4.23. The minimum atomic E-state index is -0.646. The number of benzene rings is 2. The van der Waals surface area contributed by atoms with Crippen molar-refractivity contribution in [2.45, 2.75) is 26.8 Å². The van der Waals surface area contributed by atoms with E-state index in [1.165, 1.54) is 11.3 Å². The standard InChI is InChI=1S/C26H22N2O4S/c1-4-31-25(30)22-16(3)27-26-28(24(29)21(33-26)14-18-13-12-15(2)32-18)23(22)20-11-7-9-17-8-5-6-10-19(17)20/h5-14,23H,4H2,1-3H3/b21-14-/t23-/m0/s1. The van der Waals surface area contributed by atoms with Crippen molar-refractivity contribution in [1.29, 1.82) is 0 Å². The molecule has 4 aromatic rings. The van der Waals surface area contributed by atoms with E-state index >= 15 is 0 Å². The van der Waals surface area contributed by atoms with Gasteiger partial charge in [-0.3, -0.25) is 9.36 Å². The molecule has 0 radical (unpaired) electrons. The number of aryl methyl sites for hydroxylation is 1. The molecule has 1 aliphatic heterocycles. The van der Waals surface area contributed by atoms with Gasteiger partial charge in [0.2, 0.25) is 0 Å². The van der Waals surface area contributed by atoms with Crippen molar-refractivity contribution in [3.63, 3.8) is 0 Å². The van der Waals surface area contributed by atoms with Crippen LogP contribution in [0.2, 0.25) is 0 Å². The van der Waals surface area contributed by atoms with Gasteiger partial charge in [0.1, 0.15) is 11.5 Å². The molecule has 166 valence electrons. The molecule has 0 spiro atoms. The normalized spacial score (nSPS) is 16.1. The number of rotatable bonds is 4. The van der Waals surface area contributed by atoms with Crippen molar-refractivity contribution in [2.75, 3.05) is 6.61 Å². The predicted octanol–water partition coefficient (Wildman–Crippen LogP) is 3.85. The zero-order valence-corrected chi connectivity index (χ0v) is 19.3. The highest BCUT2D eigenvalue weighted by Gasteiger charge is 2.34. The molecular weight excluding hydrogens is 436 g/mol. The Morgan fingerprint density at radius 3 is 2.70 bits per heavy atom. The van der Waals surface area contributed by atoms with E-state index in [-0.39, 0.29) is 12.2 Å². The largest absolute Gasteiger partial charge is 0.463 e. The summed E-state index contributed by atoms with van der Waals surface area (Å²) in [5.41, 5.74) is 1.56. The van der Waals surface area contributed by atoms with Crippen molar-refractivity contribution >= 4 is 34.2 Å². The highest BCUT2D eigenvalue weighted by atomic mass is 32.1. The number of furan rings is 1. The predicted molar refractivity (Wildman–Crippen MR) is 128 cm³/mol. The van der Waals surface area contributed by atoms with Crippen LogP contribution in [0.3, 0.4) is 0 Å². The summed E-state index contributed by atoms with van der Waals surface area (Å²) >= 11 is 1.28. The first-order valence-corrected chi connectivity index (χ1v) is 11.5. The summed E-state index contributed by atoms with van der Waals surface area (Å²) in [4.78, 5) is 31.9. The molecule has 6 nitrogen and oxygen atoms in total. The van der Waals surface area contributed by atoms with Gasteiger partial charge in [0, 0.05) is 6.08 Å². The molecule has 0 amide bonds. The number of fused-ring (bicyclic) bond motifs is 2. The van der Waals surface area contributed by atoms with Gasteiger partial charge < -0.3 is 9.15 Å². The summed E-state index contributed by atoms with van der Waals surface area (Å²) in [6.07, 6.45) is 1.72. The van der Waals surface area contributed by atoms with E-state index in [1.54, 1.807) is 24.5 Å². The smallest absolute Gasteiger partial charge is 0.338 e. The van der Waals surface area contributed by atoms with Crippen LogP contribution >= 0.6 is 11.3 Å². The van der Waals surface area contributed by atoms with Gasteiger partial charge in [0.25, 0.3) is 5.56 Å². The van der Waals surface area contributed by atoms with Gasteiger partial charge in [-0.2, -0.15) is 0 Å². The lowest BCUT2D eigenvalue weighted by Gasteiger charge is -2.25. The third kappa shape index (κ3) is 3.64. The average Bonchev–Trinajstić information content (AvgIpc) is 3.35. The Bertz CT molecular complexity index is 1600. The van der Waals surface area contributed by atoms with Gasteiger partial charge in [-0.15, -0.1) is 0 Å². The van der Waals surface area contributed by atoms with Crippen LogP contribution in [-0.4, -0.2) is 17.1 Å². The number of carbonyl (C=O) groups is 1. The second-order valence-electron chi connectivity index (χ2n) is 7.82. The molecule has 0 aliphatic carbocycles. The first-order valence-electron chi connectivity index (χ1n) is 10.7. The minimum absolute atomic E-state index is 0.222. The molecule has 0 N–H and O–H groups in total. The molecule has 0 unspecified atom stereocenters. The molecular formula is C26H22N2O4S. The van der Waals surface area contributed by atoms with Gasteiger partial charge in [-0.25, -0.2) is 9.79 Å². The first-order chi connectivity index (χ1) is 16.0. The quantitative estimate of drug-likeness (QED) is 0.436. The maximum Gasteiger partial charge on any atom is 0.338 e. The summed E-state index contributed by atoms with van der Waals surface area (Å²) in [6.45, 7) is 5.65. The van der Waals surface area contributed by atoms with E-state index in [1.807, 2.05) is 61.5 Å². The Morgan fingerprint density at radius 1 is 1.15 bits per heavy atom. The van der Waals surface area contributed by atoms with Crippen LogP contribution in [0.1, 0.15) is 37.0 Å². The summed E-state index contributed by atoms with van der Waals surface area (Å²) in [7, 11) is 0. The summed E-state index contributed by atoms with van der Waals surface area (Å²) in [6, 6.07) is 16.9. The van der Waals surface area contributed by atoms with Crippen LogP contribution in [0.25, 0.3) is 16.8 Å². The van der Waals surface area contributed by atoms with Crippen LogP contribution in [0.5, 0.6) is 0 Å². The summed E-state index contributed by atoms with van der Waals surface area (Å²) in [5, 5.41) is 2.00. The zero-order chi connectivity index (χ0) is 23.1. The van der Waals surface area contributed by atoms with E-state index in [4.69, 9.17) is 9.15 Å². The van der Waals surface area contributed by atoms with E-state index in [0.29, 0.717) is 26.4 Å². The third-order valence-corrected chi connectivity index (χ3v) is 6.65. The number of esters is 1. The van der Waals surface area contributed by atoms with Gasteiger partial charge in [0.15, 0.2) is 4.80 Å².